The van der Waals surface area contributed by atoms with Crippen LogP contribution < -0.4 is 5.32 Å². The SMILES string of the molecule is O=C(Nc1ccc(Br)nc1)c1ccc(Cl)c([N+](=O)[O-])c1. The third-order valence-electron chi connectivity index (χ3n) is 2.39. The largest absolute Gasteiger partial charge is 0.321 e. The Balaban J connectivity index is 2.23. The van der Waals surface area contributed by atoms with Gasteiger partial charge in [-0.3, -0.25) is 14.9 Å². The molecule has 6 nitrogen and oxygen atoms in total. The van der Waals surface area contributed by atoms with Crippen LogP contribution in [-0.4, -0.2) is 15.8 Å². The first-order valence-corrected chi connectivity index (χ1v) is 6.51. The third-order valence-corrected chi connectivity index (χ3v) is 3.18. The van der Waals surface area contributed by atoms with Crippen LogP contribution in [-0.2, 0) is 0 Å². The zero-order chi connectivity index (χ0) is 14.7. The van der Waals surface area contributed by atoms with E-state index in [0.717, 1.165) is 6.07 Å². The molecule has 8 heteroatoms. The molecule has 0 radical (unpaired) electrons. The second-order valence-corrected chi connectivity index (χ2v) is 4.97. The number of anilines is 1. The summed E-state index contributed by atoms with van der Waals surface area (Å²) in [5.41, 5.74) is 0.313. The maximum absolute atomic E-state index is 12.0. The van der Waals surface area contributed by atoms with Crippen LogP contribution in [0.1, 0.15) is 10.4 Å². The number of nitro groups is 1. The Morgan fingerprint density at radius 3 is 2.70 bits per heavy atom. The van der Waals surface area contributed by atoms with Gasteiger partial charge in [0, 0.05) is 11.6 Å². The second-order valence-electron chi connectivity index (χ2n) is 3.75. The van der Waals surface area contributed by atoms with E-state index in [1.807, 2.05) is 0 Å². The van der Waals surface area contributed by atoms with E-state index in [2.05, 4.69) is 26.2 Å². The van der Waals surface area contributed by atoms with E-state index in [9.17, 15) is 14.9 Å². The van der Waals surface area contributed by atoms with E-state index < -0.39 is 10.8 Å². The van der Waals surface area contributed by atoms with Gasteiger partial charge in [-0.1, -0.05) is 11.6 Å². The molecule has 1 aromatic carbocycles. The van der Waals surface area contributed by atoms with Crippen LogP contribution in [0.3, 0.4) is 0 Å². The summed E-state index contributed by atoms with van der Waals surface area (Å²) in [6.07, 6.45) is 1.46. The number of carbonyl (C=O) groups is 1. The van der Waals surface area contributed by atoms with Crippen LogP contribution in [0.25, 0.3) is 0 Å². The molecule has 0 aliphatic rings. The number of pyridine rings is 1. The van der Waals surface area contributed by atoms with Crippen molar-refractivity contribution in [3.8, 4) is 0 Å². The fourth-order valence-corrected chi connectivity index (χ4v) is 1.87. The van der Waals surface area contributed by atoms with Crippen LogP contribution in [0, 0.1) is 10.1 Å². The van der Waals surface area contributed by atoms with E-state index in [1.54, 1.807) is 12.1 Å². The molecule has 1 amide bonds. The molecule has 2 rings (SSSR count). The molecule has 1 aromatic heterocycles. The Bertz CT molecular complexity index is 676. The van der Waals surface area contributed by atoms with Crippen molar-refractivity contribution >= 4 is 44.8 Å². The first-order valence-electron chi connectivity index (χ1n) is 5.34. The summed E-state index contributed by atoms with van der Waals surface area (Å²) in [6.45, 7) is 0. The molecule has 102 valence electrons. The van der Waals surface area contributed by atoms with Crippen molar-refractivity contribution < 1.29 is 9.72 Å². The van der Waals surface area contributed by atoms with Gasteiger partial charge in [-0.05, 0) is 40.2 Å². The van der Waals surface area contributed by atoms with Gasteiger partial charge in [-0.2, -0.15) is 0 Å². The third kappa shape index (κ3) is 3.31. The minimum Gasteiger partial charge on any atom is -0.321 e. The summed E-state index contributed by atoms with van der Waals surface area (Å²) in [5, 5.41) is 13.3. The van der Waals surface area contributed by atoms with Crippen molar-refractivity contribution in [3.63, 3.8) is 0 Å². The quantitative estimate of drug-likeness (QED) is 0.516. The Kier molecular flexibility index (Phi) is 4.31. The number of aromatic nitrogens is 1. The number of amides is 1. The van der Waals surface area contributed by atoms with E-state index in [1.165, 1.54) is 18.3 Å². The average Bonchev–Trinajstić information content (AvgIpc) is 2.41. The lowest BCUT2D eigenvalue weighted by Crippen LogP contribution is -2.12. The average molecular weight is 357 g/mol. The van der Waals surface area contributed by atoms with Gasteiger partial charge in [0.15, 0.2) is 0 Å². The molecular formula is C12H7BrClN3O3. The lowest BCUT2D eigenvalue weighted by atomic mass is 10.2. The Labute approximate surface area is 127 Å². The van der Waals surface area contributed by atoms with Crippen LogP contribution in [0.4, 0.5) is 11.4 Å². The smallest absolute Gasteiger partial charge is 0.288 e. The molecule has 0 fully saturated rings. The van der Waals surface area contributed by atoms with Gasteiger partial charge < -0.3 is 5.32 Å². The molecule has 2 aromatic rings. The van der Waals surface area contributed by atoms with Crippen LogP contribution in [0.2, 0.25) is 5.02 Å². The molecule has 0 saturated carbocycles. The first-order chi connectivity index (χ1) is 9.47. The molecule has 0 unspecified atom stereocenters. The number of hydrogen-bond donors (Lipinski definition) is 1. The molecular weight excluding hydrogens is 350 g/mol. The maximum Gasteiger partial charge on any atom is 0.288 e. The van der Waals surface area contributed by atoms with E-state index in [4.69, 9.17) is 11.6 Å². The summed E-state index contributed by atoms with van der Waals surface area (Å²) >= 11 is 8.86. The van der Waals surface area contributed by atoms with Crippen LogP contribution >= 0.6 is 27.5 Å². The minimum atomic E-state index is -0.639. The molecule has 0 atom stereocenters. The predicted octanol–water partition coefficient (Wildman–Crippen LogP) is 3.66. The highest BCUT2D eigenvalue weighted by Crippen LogP contribution is 2.25. The molecule has 0 bridgehead atoms. The zero-order valence-electron chi connectivity index (χ0n) is 9.84. The zero-order valence-corrected chi connectivity index (χ0v) is 12.2. The number of nitrogens with zero attached hydrogens (tertiary/aromatic N) is 2. The molecule has 0 aliphatic carbocycles. The molecule has 1 N–H and O–H groups in total. The highest BCUT2D eigenvalue weighted by atomic mass is 79.9. The normalized spacial score (nSPS) is 10.1. The van der Waals surface area contributed by atoms with Crippen LogP contribution in [0.5, 0.6) is 0 Å². The van der Waals surface area contributed by atoms with Crippen molar-refractivity contribution in [1.82, 2.24) is 4.98 Å². The fourth-order valence-electron chi connectivity index (χ4n) is 1.45. The van der Waals surface area contributed by atoms with Gasteiger partial charge in [0.05, 0.1) is 16.8 Å². The van der Waals surface area contributed by atoms with E-state index in [-0.39, 0.29) is 16.3 Å². The molecule has 0 saturated heterocycles. The Morgan fingerprint density at radius 1 is 1.35 bits per heavy atom. The first kappa shape index (κ1) is 14.4. The maximum atomic E-state index is 12.0. The van der Waals surface area contributed by atoms with Crippen molar-refractivity contribution in [1.29, 1.82) is 0 Å². The molecule has 0 spiro atoms. The van der Waals surface area contributed by atoms with E-state index >= 15 is 0 Å². The van der Waals surface area contributed by atoms with Crippen molar-refractivity contribution in [2.45, 2.75) is 0 Å². The Morgan fingerprint density at radius 2 is 2.10 bits per heavy atom. The van der Waals surface area contributed by atoms with Gasteiger partial charge in [-0.25, -0.2) is 4.98 Å². The van der Waals surface area contributed by atoms with Gasteiger partial charge >= 0.3 is 0 Å². The van der Waals surface area contributed by atoms with Crippen LogP contribution in [0.15, 0.2) is 41.1 Å². The summed E-state index contributed by atoms with van der Waals surface area (Å²) in [5.74, 6) is -0.478. The Hall–Kier alpha value is -1.99. The molecule has 0 aliphatic heterocycles. The minimum absolute atomic E-state index is 0.0168. The van der Waals surface area contributed by atoms with E-state index in [0.29, 0.717) is 10.3 Å². The number of halogens is 2. The highest BCUT2D eigenvalue weighted by Gasteiger charge is 2.16. The lowest BCUT2D eigenvalue weighted by molar-refractivity contribution is -0.384. The van der Waals surface area contributed by atoms with Crippen molar-refractivity contribution in [2.75, 3.05) is 5.32 Å². The predicted molar refractivity (Wildman–Crippen MR) is 78.0 cm³/mol. The van der Waals surface area contributed by atoms with Gasteiger partial charge in [0.2, 0.25) is 0 Å². The van der Waals surface area contributed by atoms with Crippen molar-refractivity contribution in [2.24, 2.45) is 0 Å². The summed E-state index contributed by atoms with van der Waals surface area (Å²) in [7, 11) is 0. The number of hydrogen-bond acceptors (Lipinski definition) is 4. The summed E-state index contributed by atoms with van der Waals surface area (Å²) in [6, 6.07) is 7.18. The van der Waals surface area contributed by atoms with Gasteiger partial charge in [0.1, 0.15) is 9.63 Å². The molecule has 1 heterocycles. The number of benzene rings is 1. The number of nitrogens with one attached hydrogen (secondary N) is 1. The van der Waals surface area contributed by atoms with Crippen molar-refractivity contribution in [3.05, 3.63) is 61.8 Å². The fraction of sp³-hybridized carbons (Fsp3) is 0. The summed E-state index contributed by atoms with van der Waals surface area (Å²) in [4.78, 5) is 26.1. The highest BCUT2D eigenvalue weighted by molar-refractivity contribution is 9.10. The summed E-state index contributed by atoms with van der Waals surface area (Å²) < 4.78 is 0.637. The number of nitro benzene ring substituents is 1. The standard InChI is InChI=1S/C12H7BrClN3O3/c13-11-4-2-8(6-15-11)16-12(18)7-1-3-9(14)10(5-7)17(19)20/h1-6H,(H,16,18). The van der Waals surface area contributed by atoms with Gasteiger partial charge in [-0.15, -0.1) is 0 Å². The monoisotopic (exact) mass is 355 g/mol. The lowest BCUT2D eigenvalue weighted by Gasteiger charge is -2.05. The molecule has 20 heavy (non-hydrogen) atoms. The van der Waals surface area contributed by atoms with Gasteiger partial charge in [0.25, 0.3) is 11.6 Å². The number of rotatable bonds is 3. The second kappa shape index (κ2) is 5.98. The number of carbonyl (C=O) groups excluding carboxylic acids is 1. The topological polar surface area (TPSA) is 85.1 Å².